The lowest BCUT2D eigenvalue weighted by Gasteiger charge is -2.34. The number of nitrogens with zero attached hydrogens (tertiary/aromatic N) is 2. The quantitative estimate of drug-likeness (QED) is 0.318. The van der Waals surface area contributed by atoms with Crippen molar-refractivity contribution in [3.63, 3.8) is 0 Å². The fraction of sp³-hybridized carbons (Fsp3) is 0.611. The van der Waals surface area contributed by atoms with E-state index >= 15 is 0 Å². The summed E-state index contributed by atoms with van der Waals surface area (Å²) in [6.45, 7) is 18.7. The highest BCUT2D eigenvalue weighted by Crippen LogP contribution is 2.46. The standard InChI is InChI=1S/C28H35ClN2.C8H18/c1-4-14-30-15-16-31-26-17-21(19(2)3)10-12-23(26)27(20-8-6-5-7-9-20)28(31)24-13-11-22(29)18-25(24)30;1-4-6-7-8(3)5-2/h10-13,17-18,20,24-25H,2,4-9,14-16H2,1,3H3;8H,4-7H2,1-3H3. The van der Waals surface area contributed by atoms with Gasteiger partial charge in [-0.05, 0) is 73.9 Å². The van der Waals surface area contributed by atoms with E-state index in [1.165, 1.54) is 80.7 Å². The Morgan fingerprint density at radius 1 is 1.08 bits per heavy atom. The Labute approximate surface area is 244 Å². The number of benzene rings is 1. The van der Waals surface area contributed by atoms with E-state index in [4.69, 9.17) is 11.6 Å². The van der Waals surface area contributed by atoms with E-state index in [2.05, 4.69) is 87.1 Å². The number of hydrogen-bond donors (Lipinski definition) is 0. The van der Waals surface area contributed by atoms with Gasteiger partial charge in [0, 0.05) is 46.7 Å². The van der Waals surface area contributed by atoms with Gasteiger partial charge in [0.05, 0.1) is 0 Å². The second-order valence-electron chi connectivity index (χ2n) is 12.4. The summed E-state index contributed by atoms with van der Waals surface area (Å²) >= 11 is 6.54. The molecule has 2 nitrogen and oxygen atoms in total. The molecule has 0 radical (unpaired) electrons. The fourth-order valence-corrected chi connectivity index (χ4v) is 7.18. The molecule has 1 fully saturated rings. The molecular weight excluding hydrogens is 496 g/mol. The zero-order valence-electron chi connectivity index (χ0n) is 25.4. The van der Waals surface area contributed by atoms with Crippen LogP contribution in [0.2, 0.25) is 0 Å². The van der Waals surface area contributed by atoms with Gasteiger partial charge >= 0.3 is 0 Å². The maximum absolute atomic E-state index is 6.54. The molecule has 0 amide bonds. The highest BCUT2D eigenvalue weighted by molar-refractivity contribution is 6.31. The second-order valence-corrected chi connectivity index (χ2v) is 12.9. The number of aromatic nitrogens is 1. The summed E-state index contributed by atoms with van der Waals surface area (Å²) in [5.41, 5.74) is 7.00. The number of fused-ring (bicyclic) bond motifs is 5. The molecular formula is C36H53ClN2. The normalized spacial score (nSPS) is 22.4. The van der Waals surface area contributed by atoms with Crippen molar-refractivity contribution in [2.45, 2.75) is 123 Å². The van der Waals surface area contributed by atoms with E-state index < -0.39 is 0 Å². The minimum Gasteiger partial charge on any atom is -0.342 e. The summed E-state index contributed by atoms with van der Waals surface area (Å²) < 4.78 is 2.66. The summed E-state index contributed by atoms with van der Waals surface area (Å²) in [5.74, 6) is 2.00. The van der Waals surface area contributed by atoms with Crippen LogP contribution in [0, 0.1) is 5.92 Å². The molecule has 1 aliphatic heterocycles. The van der Waals surface area contributed by atoms with Gasteiger partial charge in [0.1, 0.15) is 0 Å². The predicted octanol–water partition coefficient (Wildman–Crippen LogP) is 10.8. The highest BCUT2D eigenvalue weighted by Gasteiger charge is 2.37. The van der Waals surface area contributed by atoms with Crippen LogP contribution < -0.4 is 0 Å². The molecule has 0 saturated heterocycles. The molecule has 214 valence electrons. The summed E-state index contributed by atoms with van der Waals surface area (Å²) in [6.07, 6.45) is 20.3. The Morgan fingerprint density at radius 2 is 1.85 bits per heavy atom. The van der Waals surface area contributed by atoms with Gasteiger partial charge in [-0.15, -0.1) is 0 Å². The fourth-order valence-electron chi connectivity index (χ4n) is 6.98. The molecule has 3 heteroatoms. The lowest BCUT2D eigenvalue weighted by molar-refractivity contribution is 0.221. The van der Waals surface area contributed by atoms with Crippen LogP contribution in [-0.2, 0) is 6.54 Å². The van der Waals surface area contributed by atoms with E-state index in [1.807, 2.05) is 0 Å². The average Bonchev–Trinajstić information content (AvgIpc) is 3.19. The predicted molar refractivity (Wildman–Crippen MR) is 173 cm³/mol. The van der Waals surface area contributed by atoms with Crippen molar-refractivity contribution in [3.05, 3.63) is 64.9 Å². The smallest absolute Gasteiger partial charge is 0.0492 e. The molecule has 3 atom stereocenters. The first-order valence-electron chi connectivity index (χ1n) is 16.0. The van der Waals surface area contributed by atoms with E-state index in [0.29, 0.717) is 17.9 Å². The van der Waals surface area contributed by atoms with Crippen LogP contribution in [0.5, 0.6) is 0 Å². The number of unbranched alkanes of at least 4 members (excludes halogenated alkanes) is 1. The Balaban J connectivity index is 0.000000386. The van der Waals surface area contributed by atoms with E-state index in [1.54, 1.807) is 11.3 Å². The van der Waals surface area contributed by atoms with Gasteiger partial charge in [0.25, 0.3) is 0 Å². The van der Waals surface area contributed by atoms with Crippen LogP contribution in [0.3, 0.4) is 0 Å². The summed E-state index contributed by atoms with van der Waals surface area (Å²) in [4.78, 5) is 2.66. The molecule has 3 aliphatic rings. The van der Waals surface area contributed by atoms with E-state index in [9.17, 15) is 0 Å². The summed E-state index contributed by atoms with van der Waals surface area (Å²) in [5, 5.41) is 2.36. The van der Waals surface area contributed by atoms with Crippen LogP contribution in [0.25, 0.3) is 16.5 Å². The van der Waals surface area contributed by atoms with Gasteiger partial charge < -0.3 is 4.57 Å². The minimum absolute atomic E-state index is 0.353. The van der Waals surface area contributed by atoms with Crippen LogP contribution in [0.4, 0.5) is 0 Å². The van der Waals surface area contributed by atoms with Crippen LogP contribution >= 0.6 is 11.6 Å². The SMILES string of the molecule is C=C(C)c1ccc2c(C3CCCCC3)c3n(c2c1)CCN(CCC)C1C=C(Cl)C=CC31.CCCCC(C)CC. The van der Waals surface area contributed by atoms with Crippen molar-refractivity contribution in [1.29, 1.82) is 0 Å². The third-order valence-electron chi connectivity index (χ3n) is 9.42. The van der Waals surface area contributed by atoms with Crippen LogP contribution in [-0.4, -0.2) is 28.6 Å². The summed E-state index contributed by atoms with van der Waals surface area (Å²) in [6, 6.07) is 7.42. The lowest BCUT2D eigenvalue weighted by atomic mass is 9.79. The van der Waals surface area contributed by atoms with Gasteiger partial charge in [-0.1, -0.05) is 115 Å². The topological polar surface area (TPSA) is 8.17 Å². The first-order chi connectivity index (χ1) is 18.9. The molecule has 1 aromatic carbocycles. The summed E-state index contributed by atoms with van der Waals surface area (Å²) in [7, 11) is 0. The molecule has 2 aliphatic carbocycles. The van der Waals surface area contributed by atoms with Crippen LogP contribution in [0.1, 0.15) is 127 Å². The highest BCUT2D eigenvalue weighted by atomic mass is 35.5. The maximum Gasteiger partial charge on any atom is 0.0492 e. The molecule has 0 N–H and O–H groups in total. The third-order valence-corrected chi connectivity index (χ3v) is 9.67. The van der Waals surface area contributed by atoms with Crippen LogP contribution in [0.15, 0.2) is 48.0 Å². The molecule has 5 rings (SSSR count). The Morgan fingerprint density at radius 3 is 2.51 bits per heavy atom. The van der Waals surface area contributed by atoms with Gasteiger partial charge in [-0.3, -0.25) is 4.90 Å². The maximum atomic E-state index is 6.54. The van der Waals surface area contributed by atoms with Crippen molar-refractivity contribution >= 4 is 28.1 Å². The molecule has 39 heavy (non-hydrogen) atoms. The molecule has 2 heterocycles. The number of rotatable bonds is 8. The molecule has 2 aromatic rings. The van der Waals surface area contributed by atoms with Crippen molar-refractivity contribution in [2.24, 2.45) is 5.92 Å². The average molecular weight is 549 g/mol. The molecule has 0 bridgehead atoms. The van der Waals surface area contributed by atoms with Gasteiger partial charge in [0.15, 0.2) is 0 Å². The van der Waals surface area contributed by atoms with E-state index in [-0.39, 0.29) is 0 Å². The monoisotopic (exact) mass is 548 g/mol. The zero-order chi connectivity index (χ0) is 27.9. The molecule has 1 aromatic heterocycles. The number of hydrogen-bond acceptors (Lipinski definition) is 1. The number of allylic oxidation sites excluding steroid dienone is 3. The van der Waals surface area contributed by atoms with Crippen molar-refractivity contribution < 1.29 is 0 Å². The largest absolute Gasteiger partial charge is 0.342 e. The molecule has 1 saturated carbocycles. The molecule has 3 unspecified atom stereocenters. The molecule has 0 spiro atoms. The minimum atomic E-state index is 0.353. The van der Waals surface area contributed by atoms with Gasteiger partial charge in [-0.25, -0.2) is 0 Å². The Kier molecular flexibility index (Phi) is 11.0. The van der Waals surface area contributed by atoms with Crippen molar-refractivity contribution in [1.82, 2.24) is 9.47 Å². The Bertz CT molecular complexity index is 1160. The van der Waals surface area contributed by atoms with Crippen molar-refractivity contribution in [2.75, 3.05) is 13.1 Å². The first kappa shape index (κ1) is 30.2. The first-order valence-corrected chi connectivity index (χ1v) is 16.4. The van der Waals surface area contributed by atoms with Gasteiger partial charge in [-0.2, -0.15) is 0 Å². The van der Waals surface area contributed by atoms with Gasteiger partial charge in [0.2, 0.25) is 0 Å². The lowest BCUT2D eigenvalue weighted by Crippen LogP contribution is -2.39. The van der Waals surface area contributed by atoms with Crippen molar-refractivity contribution in [3.8, 4) is 0 Å². The second kappa shape index (κ2) is 14.2. The third kappa shape index (κ3) is 6.94. The van der Waals surface area contributed by atoms with E-state index in [0.717, 1.165) is 36.2 Å². The zero-order valence-corrected chi connectivity index (χ0v) is 26.2. The number of halogens is 1. The Hall–Kier alpha value is -1.77.